The summed E-state index contributed by atoms with van der Waals surface area (Å²) in [4.78, 5) is 16.4. The van der Waals surface area contributed by atoms with Crippen molar-refractivity contribution >= 4 is 23.1 Å². The second kappa shape index (κ2) is 8.67. The molecule has 0 aliphatic carbocycles. The van der Waals surface area contributed by atoms with E-state index in [0.29, 0.717) is 24.3 Å². The molecule has 1 aromatic heterocycles. The van der Waals surface area contributed by atoms with E-state index in [1.807, 2.05) is 66.7 Å². The monoisotopic (exact) mass is 347 g/mol. The summed E-state index contributed by atoms with van der Waals surface area (Å²) >= 11 is 0. The predicted molar refractivity (Wildman–Crippen MR) is 104 cm³/mol. The third-order valence-corrected chi connectivity index (χ3v) is 3.90. The fraction of sp³-hybridized carbons (Fsp3) is 0.143. The third kappa shape index (κ3) is 4.83. The van der Waals surface area contributed by atoms with Gasteiger partial charge in [0.05, 0.1) is 24.7 Å². The maximum absolute atomic E-state index is 12.1. The van der Waals surface area contributed by atoms with Gasteiger partial charge in [0, 0.05) is 6.42 Å². The van der Waals surface area contributed by atoms with Crippen molar-refractivity contribution in [1.29, 1.82) is 0 Å². The van der Waals surface area contributed by atoms with Gasteiger partial charge in [-0.3, -0.25) is 4.79 Å². The maximum atomic E-state index is 12.1. The number of carbonyl (C=O) groups excluding carboxylic acids is 1. The predicted octanol–water partition coefficient (Wildman–Crippen LogP) is 4.41. The van der Waals surface area contributed by atoms with Gasteiger partial charge in [0.15, 0.2) is 0 Å². The lowest BCUT2D eigenvalue weighted by Gasteiger charge is -2.11. The number of rotatable bonds is 7. The molecule has 0 fully saturated rings. The van der Waals surface area contributed by atoms with Gasteiger partial charge in [-0.15, -0.1) is 0 Å². The molecule has 0 atom stereocenters. The van der Waals surface area contributed by atoms with Crippen LogP contribution in [0.5, 0.6) is 5.75 Å². The van der Waals surface area contributed by atoms with Crippen LogP contribution in [0.3, 0.4) is 0 Å². The Morgan fingerprint density at radius 3 is 2.50 bits per heavy atom. The molecule has 3 rings (SSSR count). The summed E-state index contributed by atoms with van der Waals surface area (Å²) in [6.45, 7) is 0. The van der Waals surface area contributed by atoms with E-state index in [2.05, 4.69) is 15.6 Å². The van der Waals surface area contributed by atoms with Gasteiger partial charge in [0.2, 0.25) is 5.91 Å². The lowest BCUT2D eigenvalue weighted by atomic mass is 10.1. The summed E-state index contributed by atoms with van der Waals surface area (Å²) in [5.74, 6) is 1.39. The second-order valence-corrected chi connectivity index (χ2v) is 5.79. The number of methoxy groups -OCH3 is 1. The van der Waals surface area contributed by atoms with Gasteiger partial charge in [0.25, 0.3) is 0 Å². The van der Waals surface area contributed by atoms with E-state index in [1.165, 1.54) is 0 Å². The standard InChI is InChI=1S/C21H21N3O2/c1-26-19-10-6-5-9-18(19)24-20-13-12-17(15-22-20)23-21(25)14-11-16-7-3-2-4-8-16/h2-10,12-13,15H,11,14H2,1H3,(H,22,24)(H,23,25). The van der Waals surface area contributed by atoms with E-state index in [1.54, 1.807) is 13.3 Å². The number of carbonyl (C=O) groups is 1. The zero-order valence-electron chi connectivity index (χ0n) is 14.6. The first-order valence-corrected chi connectivity index (χ1v) is 8.44. The van der Waals surface area contributed by atoms with Crippen LogP contribution in [-0.2, 0) is 11.2 Å². The van der Waals surface area contributed by atoms with Crippen LogP contribution in [-0.4, -0.2) is 18.0 Å². The summed E-state index contributed by atoms with van der Waals surface area (Å²) in [6, 6.07) is 21.2. The van der Waals surface area contributed by atoms with Crippen LogP contribution in [0.2, 0.25) is 0 Å². The zero-order valence-corrected chi connectivity index (χ0v) is 14.6. The highest BCUT2D eigenvalue weighted by Gasteiger charge is 2.05. The number of aryl methyl sites for hydroxylation is 1. The van der Waals surface area contributed by atoms with Crippen LogP contribution in [0.25, 0.3) is 0 Å². The van der Waals surface area contributed by atoms with Gasteiger partial charge in [-0.05, 0) is 36.2 Å². The van der Waals surface area contributed by atoms with Crippen molar-refractivity contribution in [1.82, 2.24) is 4.98 Å². The highest BCUT2D eigenvalue weighted by molar-refractivity contribution is 5.90. The molecule has 0 unspecified atom stereocenters. The molecule has 0 bridgehead atoms. The number of aromatic nitrogens is 1. The minimum Gasteiger partial charge on any atom is -0.495 e. The lowest BCUT2D eigenvalue weighted by Crippen LogP contribution is -2.12. The molecule has 1 amide bonds. The fourth-order valence-electron chi connectivity index (χ4n) is 2.55. The van der Waals surface area contributed by atoms with Gasteiger partial charge in [0.1, 0.15) is 11.6 Å². The summed E-state index contributed by atoms with van der Waals surface area (Å²) in [5, 5.41) is 6.07. The number of para-hydroxylation sites is 2. The molecule has 0 spiro atoms. The number of hydrogen-bond donors (Lipinski definition) is 2. The van der Waals surface area contributed by atoms with Crippen molar-refractivity contribution in [2.75, 3.05) is 17.7 Å². The Bertz CT molecular complexity index is 849. The summed E-state index contributed by atoms with van der Waals surface area (Å²) in [5.41, 5.74) is 2.66. The minimum absolute atomic E-state index is 0.0268. The first-order valence-electron chi connectivity index (χ1n) is 8.44. The number of hydrogen-bond acceptors (Lipinski definition) is 4. The molecular weight excluding hydrogens is 326 g/mol. The molecule has 3 aromatic rings. The van der Waals surface area contributed by atoms with E-state index in [-0.39, 0.29) is 5.91 Å². The van der Waals surface area contributed by atoms with E-state index in [0.717, 1.165) is 17.0 Å². The highest BCUT2D eigenvalue weighted by atomic mass is 16.5. The van der Waals surface area contributed by atoms with Crippen LogP contribution in [0.15, 0.2) is 72.9 Å². The van der Waals surface area contributed by atoms with Crippen molar-refractivity contribution < 1.29 is 9.53 Å². The molecule has 0 aliphatic heterocycles. The second-order valence-electron chi connectivity index (χ2n) is 5.79. The summed E-state index contributed by atoms with van der Waals surface area (Å²) in [7, 11) is 1.63. The topological polar surface area (TPSA) is 63.2 Å². The number of amides is 1. The SMILES string of the molecule is COc1ccccc1Nc1ccc(NC(=O)CCc2ccccc2)cn1. The van der Waals surface area contributed by atoms with Crippen LogP contribution >= 0.6 is 0 Å². The molecule has 0 aliphatic rings. The van der Waals surface area contributed by atoms with Crippen LogP contribution < -0.4 is 15.4 Å². The Morgan fingerprint density at radius 2 is 1.77 bits per heavy atom. The fourth-order valence-corrected chi connectivity index (χ4v) is 2.55. The molecule has 2 aromatic carbocycles. The maximum Gasteiger partial charge on any atom is 0.224 e. The van der Waals surface area contributed by atoms with E-state index < -0.39 is 0 Å². The van der Waals surface area contributed by atoms with Crippen molar-refractivity contribution in [3.05, 3.63) is 78.5 Å². The number of pyridine rings is 1. The van der Waals surface area contributed by atoms with Gasteiger partial charge in [-0.2, -0.15) is 0 Å². The van der Waals surface area contributed by atoms with Gasteiger partial charge in [-0.25, -0.2) is 4.98 Å². The lowest BCUT2D eigenvalue weighted by molar-refractivity contribution is -0.116. The molecule has 2 N–H and O–H groups in total. The quantitative estimate of drug-likeness (QED) is 0.665. The highest BCUT2D eigenvalue weighted by Crippen LogP contribution is 2.26. The Morgan fingerprint density at radius 1 is 1.00 bits per heavy atom. The number of ether oxygens (including phenoxy) is 1. The van der Waals surface area contributed by atoms with Gasteiger partial charge in [-0.1, -0.05) is 42.5 Å². The number of benzene rings is 2. The average molecular weight is 347 g/mol. The van der Waals surface area contributed by atoms with Crippen molar-refractivity contribution in [3.63, 3.8) is 0 Å². The van der Waals surface area contributed by atoms with Gasteiger partial charge < -0.3 is 15.4 Å². The normalized spacial score (nSPS) is 10.2. The summed E-state index contributed by atoms with van der Waals surface area (Å²) in [6.07, 6.45) is 2.79. The molecule has 26 heavy (non-hydrogen) atoms. The molecular formula is C21H21N3O2. The Balaban J connectivity index is 1.55. The largest absolute Gasteiger partial charge is 0.495 e. The first kappa shape index (κ1) is 17.5. The molecule has 5 nitrogen and oxygen atoms in total. The van der Waals surface area contributed by atoms with E-state index in [9.17, 15) is 4.79 Å². The van der Waals surface area contributed by atoms with E-state index >= 15 is 0 Å². The van der Waals surface area contributed by atoms with Crippen LogP contribution in [0.4, 0.5) is 17.2 Å². The first-order chi connectivity index (χ1) is 12.7. The van der Waals surface area contributed by atoms with Crippen molar-refractivity contribution in [2.45, 2.75) is 12.8 Å². The minimum atomic E-state index is -0.0268. The van der Waals surface area contributed by atoms with Crippen molar-refractivity contribution in [3.8, 4) is 5.75 Å². The zero-order chi connectivity index (χ0) is 18.2. The molecule has 5 heteroatoms. The summed E-state index contributed by atoms with van der Waals surface area (Å²) < 4.78 is 5.31. The molecule has 132 valence electrons. The third-order valence-electron chi connectivity index (χ3n) is 3.90. The average Bonchev–Trinajstić information content (AvgIpc) is 2.69. The van der Waals surface area contributed by atoms with Crippen LogP contribution in [0.1, 0.15) is 12.0 Å². The molecule has 0 radical (unpaired) electrons. The van der Waals surface area contributed by atoms with Gasteiger partial charge >= 0.3 is 0 Å². The molecule has 1 heterocycles. The Kier molecular flexibility index (Phi) is 5.83. The number of nitrogens with zero attached hydrogens (tertiary/aromatic N) is 1. The number of nitrogens with one attached hydrogen (secondary N) is 2. The van der Waals surface area contributed by atoms with E-state index in [4.69, 9.17) is 4.74 Å². The van der Waals surface area contributed by atoms with Crippen molar-refractivity contribution in [2.24, 2.45) is 0 Å². The Labute approximate surface area is 153 Å². The molecule has 0 saturated carbocycles. The van der Waals surface area contributed by atoms with Crippen LogP contribution in [0, 0.1) is 0 Å². The smallest absolute Gasteiger partial charge is 0.224 e. The molecule has 0 saturated heterocycles. The number of anilines is 3. The Hall–Kier alpha value is -3.34.